The van der Waals surface area contributed by atoms with E-state index in [1.54, 1.807) is 24.6 Å². The number of nitrogens with one attached hydrogen (secondary N) is 1. The van der Waals surface area contributed by atoms with Crippen molar-refractivity contribution in [1.29, 1.82) is 0 Å². The van der Waals surface area contributed by atoms with Crippen LogP contribution in [0.5, 0.6) is 0 Å². The van der Waals surface area contributed by atoms with Crippen molar-refractivity contribution in [1.82, 2.24) is 9.88 Å². The SMILES string of the molecule is CN(C(=O)O)C1CCC(CC(=O)Nc2cc(-c3ccsc3)c(-c3ccc(C4(N)CC(C)(O)C4)cc3)cn2)CC1. The third-order valence-electron chi connectivity index (χ3n) is 8.31. The van der Waals surface area contributed by atoms with Gasteiger partial charge in [-0.15, -0.1) is 0 Å². The van der Waals surface area contributed by atoms with Crippen LogP contribution in [0.25, 0.3) is 22.3 Å². The number of hydrogen-bond acceptors (Lipinski definition) is 6. The number of rotatable bonds is 7. The van der Waals surface area contributed by atoms with Gasteiger partial charge in [0.2, 0.25) is 5.91 Å². The second-order valence-electron chi connectivity index (χ2n) is 11.5. The van der Waals surface area contributed by atoms with Crippen LogP contribution in [0.15, 0.2) is 53.4 Å². The molecule has 206 valence electrons. The van der Waals surface area contributed by atoms with Crippen molar-refractivity contribution >= 4 is 29.2 Å². The van der Waals surface area contributed by atoms with E-state index >= 15 is 0 Å². The Morgan fingerprint density at radius 2 is 1.79 bits per heavy atom. The van der Waals surface area contributed by atoms with Crippen molar-refractivity contribution in [3.05, 3.63) is 58.9 Å². The lowest BCUT2D eigenvalue weighted by Crippen LogP contribution is -2.58. The third kappa shape index (κ3) is 6.00. The molecule has 5 rings (SSSR count). The highest BCUT2D eigenvalue weighted by Crippen LogP contribution is 2.46. The summed E-state index contributed by atoms with van der Waals surface area (Å²) >= 11 is 1.61. The number of nitrogens with zero attached hydrogens (tertiary/aromatic N) is 2. The van der Waals surface area contributed by atoms with Gasteiger partial charge < -0.3 is 26.2 Å². The summed E-state index contributed by atoms with van der Waals surface area (Å²) in [6, 6.07) is 12.1. The molecule has 2 saturated carbocycles. The molecule has 0 atom stereocenters. The van der Waals surface area contributed by atoms with Gasteiger partial charge in [0, 0.05) is 36.8 Å². The Morgan fingerprint density at radius 3 is 2.38 bits per heavy atom. The molecule has 0 unspecified atom stereocenters. The Kier molecular flexibility index (Phi) is 7.50. The predicted octanol–water partition coefficient (Wildman–Crippen LogP) is 5.67. The first-order chi connectivity index (χ1) is 18.5. The molecule has 39 heavy (non-hydrogen) atoms. The van der Waals surface area contributed by atoms with Gasteiger partial charge >= 0.3 is 6.09 Å². The Hall–Kier alpha value is -3.27. The molecule has 1 aromatic carbocycles. The zero-order valence-corrected chi connectivity index (χ0v) is 23.2. The lowest BCUT2D eigenvalue weighted by molar-refractivity contribution is -0.117. The van der Waals surface area contributed by atoms with E-state index in [-0.39, 0.29) is 17.9 Å². The van der Waals surface area contributed by atoms with Gasteiger partial charge in [0.15, 0.2) is 0 Å². The Morgan fingerprint density at radius 1 is 1.10 bits per heavy atom. The highest BCUT2D eigenvalue weighted by molar-refractivity contribution is 7.08. The summed E-state index contributed by atoms with van der Waals surface area (Å²) < 4.78 is 0. The first-order valence-corrected chi connectivity index (χ1v) is 14.4. The number of carbonyl (C=O) groups excluding carboxylic acids is 1. The molecule has 2 aliphatic carbocycles. The van der Waals surface area contributed by atoms with E-state index in [9.17, 15) is 19.8 Å². The molecule has 2 aliphatic rings. The summed E-state index contributed by atoms with van der Waals surface area (Å²) in [6.07, 6.45) is 5.59. The van der Waals surface area contributed by atoms with Crippen LogP contribution in [0.3, 0.4) is 0 Å². The second-order valence-corrected chi connectivity index (χ2v) is 12.3. The molecule has 2 fully saturated rings. The van der Waals surface area contributed by atoms with Gasteiger partial charge in [-0.3, -0.25) is 4.79 Å². The second kappa shape index (κ2) is 10.7. The van der Waals surface area contributed by atoms with Crippen molar-refractivity contribution in [2.45, 2.75) is 69.1 Å². The molecule has 8 nitrogen and oxygen atoms in total. The van der Waals surface area contributed by atoms with E-state index in [0.29, 0.717) is 25.1 Å². The lowest BCUT2D eigenvalue weighted by atomic mass is 9.63. The van der Waals surface area contributed by atoms with E-state index in [1.165, 1.54) is 4.90 Å². The molecule has 5 N–H and O–H groups in total. The maximum Gasteiger partial charge on any atom is 0.407 e. The molecular weight excluding hydrogens is 512 g/mol. The van der Waals surface area contributed by atoms with Crippen LogP contribution >= 0.6 is 11.3 Å². The first kappa shape index (κ1) is 27.3. The van der Waals surface area contributed by atoms with Gasteiger partial charge in [0.1, 0.15) is 5.82 Å². The molecule has 0 radical (unpaired) electrons. The number of carbonyl (C=O) groups is 2. The van der Waals surface area contributed by atoms with Crippen LogP contribution in [0.2, 0.25) is 0 Å². The topological polar surface area (TPSA) is 129 Å². The molecule has 0 spiro atoms. The number of thiophene rings is 1. The van der Waals surface area contributed by atoms with E-state index in [2.05, 4.69) is 21.7 Å². The smallest absolute Gasteiger partial charge is 0.407 e. The van der Waals surface area contributed by atoms with Crippen molar-refractivity contribution in [2.75, 3.05) is 12.4 Å². The first-order valence-electron chi connectivity index (χ1n) is 13.4. The zero-order valence-electron chi connectivity index (χ0n) is 22.4. The van der Waals surface area contributed by atoms with Gasteiger partial charge in [-0.2, -0.15) is 11.3 Å². The Labute approximate surface area is 232 Å². The van der Waals surface area contributed by atoms with Gasteiger partial charge in [0.05, 0.1) is 5.60 Å². The minimum atomic E-state index is -0.904. The van der Waals surface area contributed by atoms with Gasteiger partial charge in [-0.05, 0) is 96.5 Å². The summed E-state index contributed by atoms with van der Waals surface area (Å²) in [7, 11) is 1.61. The molecule has 9 heteroatoms. The number of benzene rings is 1. The maximum atomic E-state index is 12.9. The molecule has 2 heterocycles. The maximum absolute atomic E-state index is 12.9. The number of aliphatic hydroxyl groups is 1. The van der Waals surface area contributed by atoms with Crippen molar-refractivity contribution in [2.24, 2.45) is 11.7 Å². The highest BCUT2D eigenvalue weighted by atomic mass is 32.1. The fourth-order valence-corrected chi connectivity index (χ4v) is 6.91. The van der Waals surface area contributed by atoms with Crippen LogP contribution in [0, 0.1) is 5.92 Å². The summed E-state index contributed by atoms with van der Waals surface area (Å²) in [6.45, 7) is 1.82. The van der Waals surface area contributed by atoms with Crippen LogP contribution in [-0.4, -0.2) is 50.8 Å². The van der Waals surface area contributed by atoms with Gasteiger partial charge in [0.25, 0.3) is 0 Å². The van der Waals surface area contributed by atoms with E-state index in [1.807, 2.05) is 42.6 Å². The Bertz CT molecular complexity index is 1320. The lowest BCUT2D eigenvalue weighted by Gasteiger charge is -2.49. The largest absolute Gasteiger partial charge is 0.465 e. The van der Waals surface area contributed by atoms with Gasteiger partial charge in [-0.25, -0.2) is 9.78 Å². The quantitative estimate of drug-likeness (QED) is 0.301. The zero-order chi connectivity index (χ0) is 27.8. The molecular formula is C30H36N4O4S. The van der Waals surface area contributed by atoms with Crippen molar-refractivity contribution in [3.63, 3.8) is 0 Å². The Balaban J connectivity index is 1.28. The predicted molar refractivity (Wildman–Crippen MR) is 153 cm³/mol. The standard InChI is InChI=1S/C30H36N4O4S/c1-29(38)17-30(31,18-29)22-7-5-20(6-8-22)25-15-32-26(14-24(25)21-11-12-39-16-21)33-27(35)13-19-3-9-23(10-4-19)34(2)28(36)37/h5-8,11-12,14-16,19,23,38H,3-4,9-10,13,17-18,31H2,1-2H3,(H,36,37)(H,32,33,35). The normalized spacial score (nSPS) is 26.5. The van der Waals surface area contributed by atoms with Gasteiger partial charge in [-0.1, -0.05) is 24.3 Å². The van der Waals surface area contributed by atoms with Crippen molar-refractivity contribution < 1.29 is 19.8 Å². The van der Waals surface area contributed by atoms with Crippen LogP contribution in [0.4, 0.5) is 10.6 Å². The van der Waals surface area contributed by atoms with Crippen LogP contribution in [0.1, 0.15) is 57.4 Å². The number of aromatic nitrogens is 1. The summed E-state index contributed by atoms with van der Waals surface area (Å²) in [5.74, 6) is 0.678. The molecule has 3 aromatic rings. The number of hydrogen-bond donors (Lipinski definition) is 4. The monoisotopic (exact) mass is 548 g/mol. The number of nitrogens with two attached hydrogens (primary N) is 1. The summed E-state index contributed by atoms with van der Waals surface area (Å²) in [4.78, 5) is 30.1. The number of carboxylic acid groups (broad SMARTS) is 1. The summed E-state index contributed by atoms with van der Waals surface area (Å²) in [5.41, 5.74) is 10.3. The third-order valence-corrected chi connectivity index (χ3v) is 8.99. The fraction of sp³-hybridized carbons (Fsp3) is 0.433. The number of pyridine rings is 1. The van der Waals surface area contributed by atoms with Crippen molar-refractivity contribution in [3.8, 4) is 22.3 Å². The average Bonchev–Trinajstić information content (AvgIpc) is 3.42. The molecule has 2 aromatic heterocycles. The van der Waals surface area contributed by atoms with E-state index in [0.717, 1.165) is 53.5 Å². The average molecular weight is 549 g/mol. The minimum Gasteiger partial charge on any atom is -0.465 e. The summed E-state index contributed by atoms with van der Waals surface area (Å²) in [5, 5.41) is 26.5. The van der Waals surface area contributed by atoms with E-state index in [4.69, 9.17) is 5.73 Å². The number of anilines is 1. The molecule has 0 saturated heterocycles. The van der Waals surface area contributed by atoms with E-state index < -0.39 is 17.2 Å². The van der Waals surface area contributed by atoms with Crippen LogP contribution in [-0.2, 0) is 10.3 Å². The molecule has 2 amide bonds. The molecule has 0 aliphatic heterocycles. The number of amides is 2. The van der Waals surface area contributed by atoms with Crippen LogP contribution < -0.4 is 11.1 Å². The highest BCUT2D eigenvalue weighted by Gasteiger charge is 2.49. The fourth-order valence-electron chi connectivity index (χ4n) is 6.25. The molecule has 0 bridgehead atoms. The minimum absolute atomic E-state index is 0.0252.